The Morgan fingerprint density at radius 2 is 1.16 bits per heavy atom. The third-order valence-corrected chi connectivity index (χ3v) is 11.8. The molecule has 0 amide bonds. The molecule has 2 heteroatoms. The van der Waals surface area contributed by atoms with Gasteiger partial charge in [0, 0.05) is 5.88 Å². The molecule has 0 unspecified atom stereocenters. The van der Waals surface area contributed by atoms with E-state index in [1.165, 1.54) is 31.9 Å². The first kappa shape index (κ1) is 24.3. The molecule has 0 spiro atoms. The fourth-order valence-corrected chi connectivity index (χ4v) is 10.8. The minimum Gasteiger partial charge on any atom is -0.122 e. The van der Waals surface area contributed by atoms with Gasteiger partial charge in [0.05, 0.1) is 0 Å². The van der Waals surface area contributed by atoms with Crippen LogP contribution in [0, 0.1) is 5.92 Å². The van der Waals surface area contributed by atoms with Crippen molar-refractivity contribution in [2.45, 2.75) is 40.5 Å². The molecule has 0 atom stereocenters. The van der Waals surface area contributed by atoms with Gasteiger partial charge >= 0.3 is 0 Å². The zero-order valence-corrected chi connectivity index (χ0v) is 21.6. The molecular weight excluding hydrogens is 424 g/mol. The van der Waals surface area contributed by atoms with E-state index < -0.39 is 8.07 Å². The Labute approximate surface area is 200 Å². The molecule has 3 rings (SSSR count). The largest absolute Gasteiger partial charge is 0.176 e. The number of benzene rings is 3. The molecule has 32 heavy (non-hydrogen) atoms. The number of rotatable bonds is 9. The van der Waals surface area contributed by atoms with Gasteiger partial charge in [0.25, 0.3) is 0 Å². The van der Waals surface area contributed by atoms with E-state index in [-0.39, 0.29) is 0 Å². The lowest BCUT2D eigenvalue weighted by molar-refractivity contribution is 0.708. The molecule has 0 saturated heterocycles. The summed E-state index contributed by atoms with van der Waals surface area (Å²) in [5.41, 5.74) is 2.89. The lowest BCUT2D eigenvalue weighted by Crippen LogP contribution is -2.69. The Kier molecular flexibility index (Phi) is 8.73. The Bertz CT molecular complexity index is 933. The van der Waals surface area contributed by atoms with E-state index >= 15 is 0 Å². The highest BCUT2D eigenvalue weighted by atomic mass is 35.5. The van der Waals surface area contributed by atoms with Crippen molar-refractivity contribution in [2.24, 2.45) is 5.92 Å². The third kappa shape index (κ3) is 5.17. The lowest BCUT2D eigenvalue weighted by Gasteiger charge is -2.38. The standard InChI is InChI=1S/C30H35ClSi/c1-24(2)15-14-22-29(25(3)4)30(23-31)32(26-16-8-5-9-17-26,27-18-10-6-11-19-27)28-20-12-7-13-21-28/h5-13,15-21,25H,14,22-23H2,1-4H3/b30-29+. The van der Waals surface area contributed by atoms with Gasteiger partial charge in [0.15, 0.2) is 8.07 Å². The number of hydrogen-bond donors (Lipinski definition) is 0. The van der Waals surface area contributed by atoms with Crippen molar-refractivity contribution in [1.82, 2.24) is 0 Å². The normalized spacial score (nSPS) is 12.4. The summed E-state index contributed by atoms with van der Waals surface area (Å²) in [5.74, 6) is 0.991. The van der Waals surface area contributed by atoms with Gasteiger partial charge < -0.3 is 0 Å². The minimum atomic E-state index is -2.53. The van der Waals surface area contributed by atoms with Crippen molar-refractivity contribution in [3.05, 3.63) is 113 Å². The van der Waals surface area contributed by atoms with E-state index in [1.807, 2.05) is 0 Å². The first-order valence-corrected chi connectivity index (χ1v) is 14.1. The molecule has 0 aliphatic carbocycles. The molecule has 0 bridgehead atoms. The van der Waals surface area contributed by atoms with Gasteiger partial charge in [-0.15, -0.1) is 11.6 Å². The second kappa shape index (κ2) is 11.5. The van der Waals surface area contributed by atoms with Crippen LogP contribution in [0.5, 0.6) is 0 Å². The first-order chi connectivity index (χ1) is 15.5. The number of alkyl halides is 1. The maximum absolute atomic E-state index is 6.94. The Morgan fingerprint density at radius 3 is 1.47 bits per heavy atom. The average Bonchev–Trinajstić information content (AvgIpc) is 2.82. The van der Waals surface area contributed by atoms with Gasteiger partial charge in [-0.3, -0.25) is 0 Å². The van der Waals surface area contributed by atoms with Gasteiger partial charge in [-0.1, -0.05) is 127 Å². The molecular formula is C30H35ClSi. The van der Waals surface area contributed by atoms with Crippen molar-refractivity contribution in [1.29, 1.82) is 0 Å². The van der Waals surface area contributed by atoms with E-state index in [9.17, 15) is 0 Å². The summed E-state index contributed by atoms with van der Waals surface area (Å²) in [6, 6.07) is 33.3. The van der Waals surface area contributed by atoms with Gasteiger partial charge in [-0.25, -0.2) is 0 Å². The van der Waals surface area contributed by atoms with Gasteiger partial charge in [-0.2, -0.15) is 0 Å². The molecule has 166 valence electrons. The zero-order chi connectivity index (χ0) is 23.0. The summed E-state index contributed by atoms with van der Waals surface area (Å²) in [6.45, 7) is 9.01. The van der Waals surface area contributed by atoms with E-state index in [0.29, 0.717) is 11.8 Å². The molecule has 3 aromatic rings. The van der Waals surface area contributed by atoms with Gasteiger partial charge in [0.1, 0.15) is 0 Å². The van der Waals surface area contributed by atoms with Gasteiger partial charge in [-0.05, 0) is 48.2 Å². The van der Waals surface area contributed by atoms with E-state index in [4.69, 9.17) is 11.6 Å². The number of hydrogen-bond acceptors (Lipinski definition) is 0. The Morgan fingerprint density at radius 1 is 0.750 bits per heavy atom. The summed E-state index contributed by atoms with van der Waals surface area (Å²) in [6.07, 6.45) is 4.45. The zero-order valence-electron chi connectivity index (χ0n) is 19.8. The van der Waals surface area contributed by atoms with Crippen LogP contribution in [0.25, 0.3) is 0 Å². The molecule has 0 fully saturated rings. The van der Waals surface area contributed by atoms with Crippen molar-refractivity contribution in [3.8, 4) is 0 Å². The monoisotopic (exact) mass is 458 g/mol. The van der Waals surface area contributed by atoms with Gasteiger partial charge in [0.2, 0.25) is 0 Å². The van der Waals surface area contributed by atoms with Crippen LogP contribution in [0.1, 0.15) is 40.5 Å². The molecule has 3 aromatic carbocycles. The Hall–Kier alpha value is -2.35. The first-order valence-electron chi connectivity index (χ1n) is 11.6. The van der Waals surface area contributed by atoms with Crippen LogP contribution in [0.3, 0.4) is 0 Å². The van der Waals surface area contributed by atoms with Crippen LogP contribution < -0.4 is 15.6 Å². The van der Waals surface area contributed by atoms with Crippen LogP contribution in [-0.2, 0) is 0 Å². The van der Waals surface area contributed by atoms with E-state index in [0.717, 1.165) is 12.8 Å². The lowest BCUT2D eigenvalue weighted by atomic mass is 9.97. The smallest absolute Gasteiger partial charge is 0.122 e. The fraction of sp³-hybridized carbons (Fsp3) is 0.267. The average molecular weight is 459 g/mol. The van der Waals surface area contributed by atoms with E-state index in [2.05, 4.69) is 125 Å². The predicted octanol–water partition coefficient (Wildman–Crippen LogP) is 6.63. The highest BCUT2D eigenvalue weighted by molar-refractivity contribution is 7.16. The predicted molar refractivity (Wildman–Crippen MR) is 145 cm³/mol. The second-order valence-corrected chi connectivity index (χ2v) is 13.1. The molecule has 0 nitrogen and oxygen atoms in total. The maximum Gasteiger partial charge on any atom is 0.176 e. The molecule has 0 N–H and O–H groups in total. The second-order valence-electron chi connectivity index (χ2n) is 8.96. The van der Waals surface area contributed by atoms with Crippen LogP contribution in [0.15, 0.2) is 113 Å². The van der Waals surface area contributed by atoms with Crippen LogP contribution in [0.4, 0.5) is 0 Å². The maximum atomic E-state index is 6.94. The van der Waals surface area contributed by atoms with Crippen molar-refractivity contribution in [3.63, 3.8) is 0 Å². The molecule has 0 aliphatic rings. The summed E-state index contributed by atoms with van der Waals surface area (Å²) in [5, 5.41) is 5.63. The number of allylic oxidation sites excluding steroid dienone is 4. The summed E-state index contributed by atoms with van der Waals surface area (Å²) >= 11 is 6.94. The summed E-state index contributed by atoms with van der Waals surface area (Å²) in [7, 11) is -2.53. The van der Waals surface area contributed by atoms with Crippen molar-refractivity contribution >= 4 is 35.2 Å². The van der Waals surface area contributed by atoms with Crippen molar-refractivity contribution < 1.29 is 0 Å². The molecule has 0 radical (unpaired) electrons. The topological polar surface area (TPSA) is 0 Å². The number of halogens is 1. The van der Waals surface area contributed by atoms with Crippen molar-refractivity contribution in [2.75, 3.05) is 5.88 Å². The quantitative estimate of drug-likeness (QED) is 0.146. The third-order valence-electron chi connectivity index (χ3n) is 6.26. The van der Waals surface area contributed by atoms with E-state index in [1.54, 1.807) is 0 Å². The van der Waals surface area contributed by atoms with Crippen LogP contribution in [-0.4, -0.2) is 14.0 Å². The van der Waals surface area contributed by atoms with Crippen LogP contribution in [0.2, 0.25) is 0 Å². The highest BCUT2D eigenvalue weighted by Gasteiger charge is 2.43. The summed E-state index contributed by atoms with van der Waals surface area (Å²) in [4.78, 5) is 0. The molecule has 0 heterocycles. The minimum absolute atomic E-state index is 0.442. The van der Waals surface area contributed by atoms with Crippen LogP contribution >= 0.6 is 11.6 Å². The molecule has 0 saturated carbocycles. The SMILES string of the molecule is CC(C)=CCC/C(=C(/CCl)[Si](c1ccccc1)(c1ccccc1)c1ccccc1)C(C)C. The highest BCUT2D eigenvalue weighted by Crippen LogP contribution is 2.29. The summed E-state index contributed by atoms with van der Waals surface area (Å²) < 4.78 is 0. The fourth-order valence-electron chi connectivity index (χ4n) is 4.82. The molecule has 0 aliphatic heterocycles. The Balaban J connectivity index is 2.42. The molecule has 0 aromatic heterocycles.